The highest BCUT2D eigenvalue weighted by Crippen LogP contribution is 2.36. The first-order chi connectivity index (χ1) is 13.8. The fourth-order valence-electron chi connectivity index (χ4n) is 4.00. The fraction of sp³-hybridized carbons (Fsp3) is 0.391. The molecular formula is C23H28N2O4. The number of carbonyl (C=O) groups is 2. The normalized spacial score (nSPS) is 21.9. The Morgan fingerprint density at radius 1 is 1.10 bits per heavy atom. The molecule has 0 aromatic heterocycles. The number of rotatable bonds is 6. The van der Waals surface area contributed by atoms with Crippen LogP contribution in [0.5, 0.6) is 0 Å². The largest absolute Gasteiger partial charge is 0.481 e. The molecule has 29 heavy (non-hydrogen) atoms. The number of aliphatic carboxylic acids is 1. The minimum atomic E-state index is -1.29. The number of β-amino-alcohol motifs (C(OH)–C–C–N with tert-alkyl or cyclic N) is 1. The van der Waals surface area contributed by atoms with Gasteiger partial charge in [-0.1, -0.05) is 42.5 Å². The first kappa shape index (κ1) is 21.0. The number of likely N-dealkylation sites (tertiary alicyclic amines) is 1. The van der Waals surface area contributed by atoms with Crippen LogP contribution in [0.4, 0.5) is 0 Å². The first-order valence-electron chi connectivity index (χ1n) is 9.80. The van der Waals surface area contributed by atoms with Gasteiger partial charge in [0.2, 0.25) is 0 Å². The molecule has 0 aliphatic carbocycles. The molecule has 0 spiro atoms. The third kappa shape index (κ3) is 4.66. The molecule has 1 saturated heterocycles. The van der Waals surface area contributed by atoms with Crippen LogP contribution in [-0.2, 0) is 17.8 Å². The standard InChI is InChI=1S/C23H28N2O4/c1-24(2)15-18-9-6-10-19(13-18)21(27)25-12-11-23(22(28)29,20(26)16-25)14-17-7-4-3-5-8-17/h3-10,13,20,26H,11-12,14-16H2,1-2H3,(H,28,29)/t20?,23-/m1/s1. The van der Waals surface area contributed by atoms with Crippen LogP contribution in [0, 0.1) is 5.41 Å². The second-order valence-corrected chi connectivity index (χ2v) is 8.08. The van der Waals surface area contributed by atoms with Crippen LogP contribution >= 0.6 is 0 Å². The number of nitrogens with zero attached hydrogens (tertiary/aromatic N) is 2. The zero-order chi connectivity index (χ0) is 21.0. The summed E-state index contributed by atoms with van der Waals surface area (Å²) in [5, 5.41) is 20.7. The number of aliphatic hydroxyl groups is 1. The Balaban J connectivity index is 1.76. The van der Waals surface area contributed by atoms with Crippen LogP contribution in [0.15, 0.2) is 54.6 Å². The summed E-state index contributed by atoms with van der Waals surface area (Å²) >= 11 is 0. The van der Waals surface area contributed by atoms with E-state index >= 15 is 0 Å². The summed E-state index contributed by atoms with van der Waals surface area (Å²) in [7, 11) is 3.93. The maximum absolute atomic E-state index is 13.0. The highest BCUT2D eigenvalue weighted by atomic mass is 16.4. The third-order valence-electron chi connectivity index (χ3n) is 5.61. The van der Waals surface area contributed by atoms with Crippen molar-refractivity contribution in [2.75, 3.05) is 27.2 Å². The highest BCUT2D eigenvalue weighted by molar-refractivity contribution is 5.94. The number of aliphatic hydroxyl groups excluding tert-OH is 1. The van der Waals surface area contributed by atoms with E-state index in [1.54, 1.807) is 11.0 Å². The Kier molecular flexibility index (Phi) is 6.35. The maximum Gasteiger partial charge on any atom is 0.312 e. The van der Waals surface area contributed by atoms with Crippen molar-refractivity contribution in [1.29, 1.82) is 0 Å². The smallest absolute Gasteiger partial charge is 0.312 e. The average molecular weight is 396 g/mol. The second kappa shape index (κ2) is 8.76. The van der Waals surface area contributed by atoms with Gasteiger partial charge < -0.3 is 20.0 Å². The molecule has 6 nitrogen and oxygen atoms in total. The number of hydrogen-bond acceptors (Lipinski definition) is 4. The van der Waals surface area contributed by atoms with E-state index in [2.05, 4.69) is 0 Å². The molecule has 1 unspecified atom stereocenters. The van der Waals surface area contributed by atoms with Crippen molar-refractivity contribution in [3.8, 4) is 0 Å². The van der Waals surface area contributed by atoms with E-state index in [4.69, 9.17) is 0 Å². The van der Waals surface area contributed by atoms with Crippen LogP contribution in [0.25, 0.3) is 0 Å². The van der Waals surface area contributed by atoms with E-state index in [1.807, 2.05) is 67.5 Å². The van der Waals surface area contributed by atoms with Gasteiger partial charge in [-0.15, -0.1) is 0 Å². The van der Waals surface area contributed by atoms with E-state index in [0.717, 1.165) is 17.7 Å². The zero-order valence-electron chi connectivity index (χ0n) is 16.9. The van der Waals surface area contributed by atoms with Crippen molar-refractivity contribution < 1.29 is 19.8 Å². The second-order valence-electron chi connectivity index (χ2n) is 8.08. The quantitative estimate of drug-likeness (QED) is 0.783. The van der Waals surface area contributed by atoms with E-state index in [-0.39, 0.29) is 25.3 Å². The summed E-state index contributed by atoms with van der Waals surface area (Å²) in [4.78, 5) is 28.7. The lowest BCUT2D eigenvalue weighted by Crippen LogP contribution is -2.57. The summed E-state index contributed by atoms with van der Waals surface area (Å²) in [5.74, 6) is -1.20. The molecule has 2 atom stereocenters. The Morgan fingerprint density at radius 2 is 1.79 bits per heavy atom. The zero-order valence-corrected chi connectivity index (χ0v) is 16.9. The molecule has 2 N–H and O–H groups in total. The average Bonchev–Trinajstić information content (AvgIpc) is 2.69. The molecule has 1 fully saturated rings. The van der Waals surface area contributed by atoms with Crippen molar-refractivity contribution in [3.05, 3.63) is 71.3 Å². The van der Waals surface area contributed by atoms with Crippen molar-refractivity contribution >= 4 is 11.9 Å². The van der Waals surface area contributed by atoms with Gasteiger partial charge in [0.1, 0.15) is 5.41 Å². The lowest BCUT2D eigenvalue weighted by atomic mass is 9.71. The molecule has 1 amide bonds. The minimum Gasteiger partial charge on any atom is -0.481 e. The molecule has 2 aromatic rings. The van der Waals surface area contributed by atoms with Gasteiger partial charge in [0.15, 0.2) is 0 Å². The molecule has 0 saturated carbocycles. The van der Waals surface area contributed by atoms with Gasteiger partial charge in [0.05, 0.1) is 6.10 Å². The number of carbonyl (C=O) groups excluding carboxylic acids is 1. The Morgan fingerprint density at radius 3 is 2.41 bits per heavy atom. The SMILES string of the molecule is CN(C)Cc1cccc(C(=O)N2CC[C@](Cc3ccccc3)(C(=O)O)C(O)C2)c1. The summed E-state index contributed by atoms with van der Waals surface area (Å²) in [6.07, 6.45) is -0.686. The number of carboxylic acid groups (broad SMARTS) is 1. The van der Waals surface area contributed by atoms with Gasteiger partial charge in [0, 0.05) is 25.2 Å². The van der Waals surface area contributed by atoms with Gasteiger partial charge in [-0.05, 0) is 50.2 Å². The van der Waals surface area contributed by atoms with Crippen molar-refractivity contribution in [2.45, 2.75) is 25.5 Å². The number of amides is 1. The molecule has 3 rings (SSSR count). The van der Waals surface area contributed by atoms with Gasteiger partial charge in [-0.25, -0.2) is 0 Å². The van der Waals surface area contributed by atoms with Gasteiger partial charge in [0.25, 0.3) is 5.91 Å². The van der Waals surface area contributed by atoms with Crippen LogP contribution in [-0.4, -0.2) is 65.2 Å². The summed E-state index contributed by atoms with van der Waals surface area (Å²) in [6.45, 7) is 1.03. The van der Waals surface area contributed by atoms with E-state index in [0.29, 0.717) is 12.1 Å². The Bertz CT molecular complexity index is 868. The molecule has 0 bridgehead atoms. The van der Waals surface area contributed by atoms with Crippen LogP contribution < -0.4 is 0 Å². The molecule has 2 aromatic carbocycles. The minimum absolute atomic E-state index is 0.00980. The van der Waals surface area contributed by atoms with Crippen molar-refractivity contribution in [2.24, 2.45) is 5.41 Å². The number of piperidine rings is 1. The van der Waals surface area contributed by atoms with E-state index in [1.165, 1.54) is 0 Å². The maximum atomic E-state index is 13.0. The monoisotopic (exact) mass is 396 g/mol. The van der Waals surface area contributed by atoms with Crippen LogP contribution in [0.2, 0.25) is 0 Å². The fourth-order valence-corrected chi connectivity index (χ4v) is 4.00. The molecule has 1 heterocycles. The number of hydrogen-bond donors (Lipinski definition) is 2. The predicted octanol–water partition coefficient (Wildman–Crippen LogP) is 2.27. The van der Waals surface area contributed by atoms with Crippen molar-refractivity contribution in [3.63, 3.8) is 0 Å². The van der Waals surface area contributed by atoms with Gasteiger partial charge in [-0.2, -0.15) is 0 Å². The van der Waals surface area contributed by atoms with Gasteiger partial charge in [-0.3, -0.25) is 9.59 Å². The molecule has 1 aliphatic heterocycles. The predicted molar refractivity (Wildman–Crippen MR) is 111 cm³/mol. The molecular weight excluding hydrogens is 368 g/mol. The molecule has 0 radical (unpaired) electrons. The number of benzene rings is 2. The topological polar surface area (TPSA) is 81.1 Å². The highest BCUT2D eigenvalue weighted by Gasteiger charge is 2.49. The Hall–Kier alpha value is -2.70. The lowest BCUT2D eigenvalue weighted by molar-refractivity contribution is -0.161. The van der Waals surface area contributed by atoms with E-state index in [9.17, 15) is 19.8 Å². The van der Waals surface area contributed by atoms with Crippen LogP contribution in [0.3, 0.4) is 0 Å². The molecule has 6 heteroatoms. The number of carboxylic acids is 1. The lowest BCUT2D eigenvalue weighted by Gasteiger charge is -2.43. The van der Waals surface area contributed by atoms with E-state index < -0.39 is 17.5 Å². The summed E-state index contributed by atoms with van der Waals surface area (Å²) < 4.78 is 0. The molecule has 1 aliphatic rings. The third-order valence-corrected chi connectivity index (χ3v) is 5.61. The first-order valence-corrected chi connectivity index (χ1v) is 9.80. The van der Waals surface area contributed by atoms with Crippen LogP contribution in [0.1, 0.15) is 27.9 Å². The summed E-state index contributed by atoms with van der Waals surface area (Å²) in [5.41, 5.74) is 1.17. The Labute approximate surface area is 171 Å². The molecule has 154 valence electrons. The van der Waals surface area contributed by atoms with Gasteiger partial charge >= 0.3 is 5.97 Å². The summed E-state index contributed by atoms with van der Waals surface area (Å²) in [6, 6.07) is 16.8. The van der Waals surface area contributed by atoms with Crippen molar-refractivity contribution in [1.82, 2.24) is 9.80 Å².